The number of amides is 1. The Morgan fingerprint density at radius 1 is 1.53 bits per heavy atom. The molecule has 0 aromatic carbocycles. The Bertz CT molecular complexity index is 380. The molecule has 0 spiro atoms. The van der Waals surface area contributed by atoms with Crippen molar-refractivity contribution in [2.24, 2.45) is 11.8 Å². The number of rotatable bonds is 3. The predicted molar refractivity (Wildman–Crippen MR) is 66.3 cm³/mol. The minimum Gasteiger partial charge on any atom is -0.348 e. The molecule has 1 aliphatic rings. The van der Waals surface area contributed by atoms with Gasteiger partial charge in [0, 0.05) is 12.7 Å². The zero-order valence-electron chi connectivity index (χ0n) is 10.3. The van der Waals surface area contributed by atoms with Crippen molar-refractivity contribution in [3.05, 3.63) is 30.1 Å². The molecule has 0 radical (unpaired) electrons. The van der Waals surface area contributed by atoms with E-state index in [9.17, 15) is 4.79 Å². The van der Waals surface area contributed by atoms with Crippen molar-refractivity contribution in [1.82, 2.24) is 15.6 Å². The van der Waals surface area contributed by atoms with E-state index in [2.05, 4.69) is 22.5 Å². The summed E-state index contributed by atoms with van der Waals surface area (Å²) < 4.78 is 0. The summed E-state index contributed by atoms with van der Waals surface area (Å²) in [6.45, 7) is 5.78. The summed E-state index contributed by atoms with van der Waals surface area (Å²) in [4.78, 5) is 16.3. The predicted octanol–water partition coefficient (Wildman–Crippen LogP) is 1.11. The Morgan fingerprint density at radius 3 is 2.94 bits per heavy atom. The number of carbonyl (C=O) groups is 1. The number of nitrogens with one attached hydrogen (secondary N) is 2. The molecule has 2 N–H and O–H groups in total. The quantitative estimate of drug-likeness (QED) is 0.822. The summed E-state index contributed by atoms with van der Waals surface area (Å²) in [5, 5.41) is 6.27. The Balaban J connectivity index is 1.95. The lowest BCUT2D eigenvalue weighted by Crippen LogP contribution is -2.36. The molecule has 1 aromatic rings. The van der Waals surface area contributed by atoms with Gasteiger partial charge >= 0.3 is 0 Å². The number of nitrogens with zero attached hydrogens (tertiary/aromatic N) is 1. The van der Waals surface area contributed by atoms with Crippen LogP contribution >= 0.6 is 0 Å². The molecule has 2 rings (SSSR count). The van der Waals surface area contributed by atoms with Gasteiger partial charge in [-0.25, -0.2) is 0 Å². The molecule has 1 aliphatic heterocycles. The van der Waals surface area contributed by atoms with Crippen molar-refractivity contribution in [2.75, 3.05) is 13.1 Å². The first-order chi connectivity index (χ1) is 8.18. The van der Waals surface area contributed by atoms with Gasteiger partial charge in [0.2, 0.25) is 5.91 Å². The van der Waals surface area contributed by atoms with Gasteiger partial charge in [0.05, 0.1) is 17.7 Å². The van der Waals surface area contributed by atoms with E-state index >= 15 is 0 Å². The van der Waals surface area contributed by atoms with Crippen molar-refractivity contribution in [1.29, 1.82) is 0 Å². The molecule has 0 bridgehead atoms. The normalized spacial score (nSPS) is 25.5. The lowest BCUT2D eigenvalue weighted by molar-refractivity contribution is -0.126. The first kappa shape index (κ1) is 12.0. The summed E-state index contributed by atoms with van der Waals surface area (Å²) in [6.07, 6.45) is 1.75. The molecule has 17 heavy (non-hydrogen) atoms. The molecule has 0 saturated carbocycles. The molecule has 1 saturated heterocycles. The van der Waals surface area contributed by atoms with Gasteiger partial charge in [-0.2, -0.15) is 0 Å². The lowest BCUT2D eigenvalue weighted by atomic mass is 9.97. The van der Waals surface area contributed by atoms with Gasteiger partial charge < -0.3 is 10.6 Å². The van der Waals surface area contributed by atoms with Gasteiger partial charge in [-0.1, -0.05) is 13.0 Å². The molecule has 0 unspecified atom stereocenters. The van der Waals surface area contributed by atoms with E-state index in [1.165, 1.54) is 0 Å². The smallest absolute Gasteiger partial charge is 0.225 e. The molecular formula is C13H19N3O. The highest BCUT2D eigenvalue weighted by Gasteiger charge is 2.30. The number of carbonyl (C=O) groups excluding carboxylic acids is 1. The molecule has 4 heteroatoms. The Morgan fingerprint density at radius 2 is 2.35 bits per heavy atom. The highest BCUT2D eigenvalue weighted by molar-refractivity contribution is 5.79. The Kier molecular flexibility index (Phi) is 3.74. The SMILES string of the molecule is C[C@H](NC(=O)[C@@H]1CNC[C@H]1C)c1ccccn1. The van der Waals surface area contributed by atoms with Crippen LogP contribution in [0.5, 0.6) is 0 Å². The van der Waals surface area contributed by atoms with Gasteiger partial charge in [-0.05, 0) is 31.5 Å². The monoisotopic (exact) mass is 233 g/mol. The highest BCUT2D eigenvalue weighted by Crippen LogP contribution is 2.17. The van der Waals surface area contributed by atoms with Crippen LogP contribution in [-0.4, -0.2) is 24.0 Å². The zero-order valence-corrected chi connectivity index (χ0v) is 10.3. The van der Waals surface area contributed by atoms with Crippen LogP contribution in [0.25, 0.3) is 0 Å². The largest absolute Gasteiger partial charge is 0.348 e. The van der Waals surface area contributed by atoms with Gasteiger partial charge in [0.15, 0.2) is 0 Å². The second kappa shape index (κ2) is 5.27. The maximum Gasteiger partial charge on any atom is 0.225 e. The van der Waals surface area contributed by atoms with Crippen molar-refractivity contribution in [3.63, 3.8) is 0 Å². The van der Waals surface area contributed by atoms with Crippen LogP contribution in [-0.2, 0) is 4.79 Å². The van der Waals surface area contributed by atoms with E-state index < -0.39 is 0 Å². The highest BCUT2D eigenvalue weighted by atomic mass is 16.2. The summed E-state index contributed by atoms with van der Waals surface area (Å²) in [5.41, 5.74) is 0.902. The molecule has 1 fully saturated rings. The van der Waals surface area contributed by atoms with Crippen LogP contribution in [0.15, 0.2) is 24.4 Å². The van der Waals surface area contributed by atoms with Gasteiger partial charge in [0.1, 0.15) is 0 Å². The van der Waals surface area contributed by atoms with E-state index in [4.69, 9.17) is 0 Å². The fraction of sp³-hybridized carbons (Fsp3) is 0.538. The third kappa shape index (κ3) is 2.82. The van der Waals surface area contributed by atoms with Crippen LogP contribution in [0.1, 0.15) is 25.6 Å². The van der Waals surface area contributed by atoms with Crippen LogP contribution in [0.2, 0.25) is 0 Å². The molecule has 1 amide bonds. The van der Waals surface area contributed by atoms with Crippen LogP contribution in [0.4, 0.5) is 0 Å². The van der Waals surface area contributed by atoms with Crippen molar-refractivity contribution >= 4 is 5.91 Å². The molecule has 3 atom stereocenters. The maximum absolute atomic E-state index is 12.1. The summed E-state index contributed by atoms with van der Waals surface area (Å²) >= 11 is 0. The molecular weight excluding hydrogens is 214 g/mol. The third-order valence-electron chi connectivity index (χ3n) is 3.34. The number of pyridine rings is 1. The molecule has 2 heterocycles. The van der Waals surface area contributed by atoms with Crippen molar-refractivity contribution in [2.45, 2.75) is 19.9 Å². The van der Waals surface area contributed by atoms with E-state index in [0.29, 0.717) is 5.92 Å². The van der Waals surface area contributed by atoms with Gasteiger partial charge in [-0.3, -0.25) is 9.78 Å². The van der Waals surface area contributed by atoms with Gasteiger partial charge in [0.25, 0.3) is 0 Å². The summed E-state index contributed by atoms with van der Waals surface area (Å²) in [5.74, 6) is 0.618. The van der Waals surface area contributed by atoms with Crippen molar-refractivity contribution in [3.8, 4) is 0 Å². The van der Waals surface area contributed by atoms with Crippen LogP contribution in [0, 0.1) is 11.8 Å². The average Bonchev–Trinajstić information content (AvgIpc) is 2.76. The minimum atomic E-state index is -0.0310. The van der Waals surface area contributed by atoms with E-state index in [0.717, 1.165) is 18.8 Å². The standard InChI is InChI=1S/C13H19N3O/c1-9-7-14-8-11(9)13(17)16-10(2)12-5-3-4-6-15-12/h3-6,9-11,14H,7-8H2,1-2H3,(H,16,17)/t9-,10+,11-/m1/s1. The second-order valence-electron chi connectivity index (χ2n) is 4.73. The minimum absolute atomic E-state index is 0.0310. The molecule has 1 aromatic heterocycles. The maximum atomic E-state index is 12.1. The van der Waals surface area contributed by atoms with Crippen molar-refractivity contribution < 1.29 is 4.79 Å². The van der Waals surface area contributed by atoms with E-state index in [1.807, 2.05) is 25.1 Å². The zero-order chi connectivity index (χ0) is 12.3. The molecule has 92 valence electrons. The Labute approximate surface area is 102 Å². The van der Waals surface area contributed by atoms with E-state index in [1.54, 1.807) is 6.20 Å². The topological polar surface area (TPSA) is 54.0 Å². The first-order valence-electron chi connectivity index (χ1n) is 6.10. The Hall–Kier alpha value is -1.42. The van der Waals surface area contributed by atoms with Gasteiger partial charge in [-0.15, -0.1) is 0 Å². The summed E-state index contributed by atoms with van der Waals surface area (Å²) in [6, 6.07) is 5.71. The first-order valence-corrected chi connectivity index (χ1v) is 6.10. The average molecular weight is 233 g/mol. The lowest BCUT2D eigenvalue weighted by Gasteiger charge is -2.18. The molecule has 0 aliphatic carbocycles. The van der Waals surface area contributed by atoms with Crippen LogP contribution in [0.3, 0.4) is 0 Å². The van der Waals surface area contributed by atoms with E-state index in [-0.39, 0.29) is 17.9 Å². The number of hydrogen-bond acceptors (Lipinski definition) is 3. The fourth-order valence-corrected chi connectivity index (χ4v) is 2.19. The fourth-order valence-electron chi connectivity index (χ4n) is 2.19. The number of hydrogen-bond donors (Lipinski definition) is 2. The molecule has 4 nitrogen and oxygen atoms in total. The third-order valence-corrected chi connectivity index (χ3v) is 3.34. The second-order valence-corrected chi connectivity index (χ2v) is 4.73. The van der Waals surface area contributed by atoms with Crippen LogP contribution < -0.4 is 10.6 Å². The summed E-state index contributed by atoms with van der Waals surface area (Å²) in [7, 11) is 0. The number of aromatic nitrogens is 1.